The fourth-order valence-electron chi connectivity index (χ4n) is 2.65. The molecule has 0 aromatic rings. The van der Waals surface area contributed by atoms with Crippen molar-refractivity contribution in [2.45, 2.75) is 31.8 Å². The van der Waals surface area contributed by atoms with Gasteiger partial charge < -0.3 is 19.5 Å². The summed E-state index contributed by atoms with van der Waals surface area (Å²) in [6, 6.07) is 0.971. The van der Waals surface area contributed by atoms with Gasteiger partial charge in [0.1, 0.15) is 0 Å². The lowest BCUT2D eigenvalue weighted by atomic mass is 10.0. The Bertz CT molecular complexity index is 215. The molecule has 0 spiro atoms. The lowest BCUT2D eigenvalue weighted by Crippen LogP contribution is -2.56. The van der Waals surface area contributed by atoms with E-state index in [1.165, 1.54) is 0 Å². The Morgan fingerprint density at radius 3 is 2.68 bits per heavy atom. The maximum atomic E-state index is 5.67. The maximum absolute atomic E-state index is 5.67. The van der Waals surface area contributed by atoms with Crippen LogP contribution in [0.1, 0.15) is 19.8 Å². The second-order valence-electron chi connectivity index (χ2n) is 4.97. The SMILES string of the molecule is CCNC1CCOCC1N(CCCOC)CCOC. The Balaban J connectivity index is 2.52. The van der Waals surface area contributed by atoms with E-state index in [9.17, 15) is 0 Å². The zero-order valence-electron chi connectivity index (χ0n) is 12.7. The molecule has 1 N–H and O–H groups in total. The fourth-order valence-corrected chi connectivity index (χ4v) is 2.65. The van der Waals surface area contributed by atoms with Crippen LogP contribution in [0.15, 0.2) is 0 Å². The number of nitrogens with one attached hydrogen (secondary N) is 1. The van der Waals surface area contributed by atoms with Crippen LogP contribution in [0, 0.1) is 0 Å². The van der Waals surface area contributed by atoms with Crippen molar-refractivity contribution in [1.82, 2.24) is 10.2 Å². The molecular formula is C14H30N2O3. The molecule has 2 unspecified atom stereocenters. The summed E-state index contributed by atoms with van der Waals surface area (Å²) in [6.45, 7) is 8.42. The Hall–Kier alpha value is -0.200. The van der Waals surface area contributed by atoms with E-state index in [2.05, 4.69) is 17.1 Å². The highest BCUT2D eigenvalue weighted by molar-refractivity contribution is 4.87. The third kappa shape index (κ3) is 6.19. The molecule has 0 amide bonds. The topological polar surface area (TPSA) is 43.0 Å². The normalized spacial score (nSPS) is 24.0. The van der Waals surface area contributed by atoms with Crippen LogP contribution in [0.5, 0.6) is 0 Å². The van der Waals surface area contributed by atoms with Crippen LogP contribution in [0.25, 0.3) is 0 Å². The van der Waals surface area contributed by atoms with Gasteiger partial charge in [0.2, 0.25) is 0 Å². The van der Waals surface area contributed by atoms with E-state index in [1.54, 1.807) is 14.2 Å². The number of hydrogen-bond donors (Lipinski definition) is 1. The summed E-state index contributed by atoms with van der Waals surface area (Å²) >= 11 is 0. The molecule has 1 aliphatic rings. The van der Waals surface area contributed by atoms with Crippen LogP contribution < -0.4 is 5.32 Å². The highest BCUT2D eigenvalue weighted by Crippen LogP contribution is 2.15. The number of likely N-dealkylation sites (N-methyl/N-ethyl adjacent to an activating group) is 1. The monoisotopic (exact) mass is 274 g/mol. The summed E-state index contributed by atoms with van der Waals surface area (Å²) in [6.07, 6.45) is 2.14. The van der Waals surface area contributed by atoms with Crippen molar-refractivity contribution in [2.75, 3.05) is 60.3 Å². The Morgan fingerprint density at radius 2 is 2.00 bits per heavy atom. The van der Waals surface area contributed by atoms with Crippen molar-refractivity contribution < 1.29 is 14.2 Å². The summed E-state index contributed by atoms with van der Waals surface area (Å²) in [7, 11) is 3.51. The molecule has 114 valence electrons. The highest BCUT2D eigenvalue weighted by Gasteiger charge is 2.29. The zero-order chi connectivity index (χ0) is 13.9. The minimum Gasteiger partial charge on any atom is -0.385 e. The van der Waals surface area contributed by atoms with E-state index in [1.807, 2.05) is 0 Å². The summed E-state index contributed by atoms with van der Waals surface area (Å²) in [5.74, 6) is 0. The van der Waals surface area contributed by atoms with E-state index in [0.717, 1.165) is 58.9 Å². The molecule has 1 heterocycles. The second kappa shape index (κ2) is 10.6. The predicted octanol–water partition coefficient (Wildman–Crippen LogP) is 0.738. The first-order valence-electron chi connectivity index (χ1n) is 7.36. The molecule has 19 heavy (non-hydrogen) atoms. The van der Waals surface area contributed by atoms with Gasteiger partial charge in [0.05, 0.1) is 13.2 Å². The lowest BCUT2D eigenvalue weighted by Gasteiger charge is -2.40. The van der Waals surface area contributed by atoms with Crippen LogP contribution in [0.2, 0.25) is 0 Å². The summed E-state index contributed by atoms with van der Waals surface area (Å²) in [5.41, 5.74) is 0. The number of hydrogen-bond acceptors (Lipinski definition) is 5. The van der Waals surface area contributed by atoms with E-state index in [4.69, 9.17) is 14.2 Å². The summed E-state index contributed by atoms with van der Waals surface area (Å²) in [5, 5.41) is 3.59. The van der Waals surface area contributed by atoms with Crippen molar-refractivity contribution in [2.24, 2.45) is 0 Å². The molecule has 0 aliphatic carbocycles. The standard InChI is InChI=1S/C14H30N2O3/c1-4-15-13-6-10-19-12-14(13)16(8-11-18-3)7-5-9-17-2/h13-15H,4-12H2,1-3H3. The third-order valence-electron chi connectivity index (χ3n) is 3.64. The number of rotatable bonds is 10. The van der Waals surface area contributed by atoms with Crippen LogP contribution in [0.3, 0.4) is 0 Å². The molecule has 5 heteroatoms. The Morgan fingerprint density at radius 1 is 1.21 bits per heavy atom. The van der Waals surface area contributed by atoms with Crippen molar-refractivity contribution in [3.63, 3.8) is 0 Å². The van der Waals surface area contributed by atoms with E-state index >= 15 is 0 Å². The summed E-state index contributed by atoms with van der Waals surface area (Å²) < 4.78 is 16.1. The van der Waals surface area contributed by atoms with Gasteiger partial charge in [0.15, 0.2) is 0 Å². The van der Waals surface area contributed by atoms with Crippen molar-refractivity contribution in [1.29, 1.82) is 0 Å². The first-order chi connectivity index (χ1) is 9.33. The molecule has 1 saturated heterocycles. The van der Waals surface area contributed by atoms with Crippen molar-refractivity contribution in [3.8, 4) is 0 Å². The molecule has 0 bridgehead atoms. The van der Waals surface area contributed by atoms with Crippen molar-refractivity contribution in [3.05, 3.63) is 0 Å². The van der Waals surface area contributed by atoms with Crippen LogP contribution >= 0.6 is 0 Å². The smallest absolute Gasteiger partial charge is 0.0637 e. The van der Waals surface area contributed by atoms with Gasteiger partial charge in [-0.3, -0.25) is 4.90 Å². The predicted molar refractivity (Wildman–Crippen MR) is 76.6 cm³/mol. The van der Waals surface area contributed by atoms with Gasteiger partial charge in [0.25, 0.3) is 0 Å². The fraction of sp³-hybridized carbons (Fsp3) is 1.00. The largest absolute Gasteiger partial charge is 0.385 e. The molecule has 0 saturated carbocycles. The zero-order valence-corrected chi connectivity index (χ0v) is 12.7. The van der Waals surface area contributed by atoms with Crippen LogP contribution in [0.4, 0.5) is 0 Å². The van der Waals surface area contributed by atoms with Gasteiger partial charge in [-0.1, -0.05) is 6.92 Å². The average molecular weight is 274 g/mol. The molecule has 1 rings (SSSR count). The van der Waals surface area contributed by atoms with Gasteiger partial charge in [0, 0.05) is 52.6 Å². The average Bonchev–Trinajstić information content (AvgIpc) is 2.44. The van der Waals surface area contributed by atoms with Gasteiger partial charge in [-0.25, -0.2) is 0 Å². The quantitative estimate of drug-likeness (QED) is 0.595. The van der Waals surface area contributed by atoms with E-state index in [-0.39, 0.29) is 0 Å². The van der Waals surface area contributed by atoms with Crippen LogP contribution in [-0.2, 0) is 14.2 Å². The highest BCUT2D eigenvalue weighted by atomic mass is 16.5. The molecule has 0 aromatic heterocycles. The Kier molecular flexibility index (Phi) is 9.38. The second-order valence-corrected chi connectivity index (χ2v) is 4.97. The Labute approximate surface area is 117 Å². The number of ether oxygens (including phenoxy) is 3. The minimum atomic E-state index is 0.445. The molecule has 0 radical (unpaired) electrons. The van der Waals surface area contributed by atoms with E-state index in [0.29, 0.717) is 12.1 Å². The molecule has 5 nitrogen and oxygen atoms in total. The number of methoxy groups -OCH3 is 2. The first-order valence-corrected chi connectivity index (χ1v) is 7.36. The van der Waals surface area contributed by atoms with Gasteiger partial charge in [-0.2, -0.15) is 0 Å². The molecule has 0 aromatic carbocycles. The van der Waals surface area contributed by atoms with Gasteiger partial charge in [-0.15, -0.1) is 0 Å². The van der Waals surface area contributed by atoms with Crippen molar-refractivity contribution >= 4 is 0 Å². The van der Waals surface area contributed by atoms with Crippen LogP contribution in [-0.4, -0.2) is 77.3 Å². The van der Waals surface area contributed by atoms with Gasteiger partial charge >= 0.3 is 0 Å². The first kappa shape index (κ1) is 16.9. The third-order valence-corrected chi connectivity index (χ3v) is 3.64. The molecular weight excluding hydrogens is 244 g/mol. The van der Waals surface area contributed by atoms with E-state index < -0.39 is 0 Å². The molecule has 2 atom stereocenters. The molecule has 1 fully saturated rings. The number of nitrogens with zero attached hydrogens (tertiary/aromatic N) is 1. The minimum absolute atomic E-state index is 0.445. The lowest BCUT2D eigenvalue weighted by molar-refractivity contribution is -0.0125. The molecule has 1 aliphatic heterocycles. The maximum Gasteiger partial charge on any atom is 0.0637 e. The summed E-state index contributed by atoms with van der Waals surface area (Å²) in [4.78, 5) is 2.48. The van der Waals surface area contributed by atoms with Gasteiger partial charge in [-0.05, 0) is 19.4 Å².